The minimum atomic E-state index is -0.108. The molecule has 0 spiro atoms. The first-order chi connectivity index (χ1) is 20.5. The molecule has 2 amide bonds. The van der Waals surface area contributed by atoms with Crippen LogP contribution in [-0.2, 0) is 0 Å². The number of rotatable bonds is 10. The van der Waals surface area contributed by atoms with Crippen LogP contribution in [0.1, 0.15) is 91.5 Å². The zero-order valence-corrected chi connectivity index (χ0v) is 23.9. The van der Waals surface area contributed by atoms with Crippen LogP contribution < -0.4 is 9.80 Å². The summed E-state index contributed by atoms with van der Waals surface area (Å²) in [6.45, 7) is 13.6. The van der Waals surface area contributed by atoms with Crippen molar-refractivity contribution in [3.05, 3.63) is 52.6 Å². The van der Waals surface area contributed by atoms with Crippen molar-refractivity contribution in [1.29, 1.82) is 5.26 Å². The summed E-state index contributed by atoms with van der Waals surface area (Å²) >= 11 is 0. The van der Waals surface area contributed by atoms with Crippen molar-refractivity contribution in [3.8, 4) is 6.07 Å². The summed E-state index contributed by atoms with van der Waals surface area (Å²) in [6, 6.07) is 6.00. The maximum Gasteiger partial charge on any atom is 0.260 e. The van der Waals surface area contributed by atoms with Gasteiger partial charge in [-0.2, -0.15) is 5.26 Å². The van der Waals surface area contributed by atoms with Gasteiger partial charge >= 0.3 is 0 Å². The third-order valence-electron chi connectivity index (χ3n) is 8.97. The zero-order chi connectivity index (χ0) is 29.1. The van der Waals surface area contributed by atoms with Crippen molar-refractivity contribution in [3.63, 3.8) is 0 Å². The highest BCUT2D eigenvalue weighted by Crippen LogP contribution is 2.52. The largest absolute Gasteiger partial charge is 0.309 e. The van der Waals surface area contributed by atoms with Gasteiger partial charge in [-0.15, -0.1) is 0 Å². The minimum Gasteiger partial charge on any atom is -0.309 e. The van der Waals surface area contributed by atoms with Crippen LogP contribution in [0.15, 0.2) is 24.5 Å². The van der Waals surface area contributed by atoms with Gasteiger partial charge in [-0.25, -0.2) is 4.85 Å². The molecule has 2 aliphatic heterocycles. The molecule has 4 heterocycles. The number of anilines is 2. The number of amides is 2. The van der Waals surface area contributed by atoms with Gasteiger partial charge in [-0.1, -0.05) is 52.4 Å². The van der Waals surface area contributed by atoms with Crippen molar-refractivity contribution in [2.24, 2.45) is 0 Å². The third kappa shape index (κ3) is 3.45. The van der Waals surface area contributed by atoms with Gasteiger partial charge in [0.05, 0.1) is 46.1 Å². The topological polar surface area (TPSA) is 94.5 Å². The van der Waals surface area contributed by atoms with E-state index in [1.54, 1.807) is 22.2 Å². The lowest BCUT2D eigenvalue weighted by atomic mass is 9.89. The van der Waals surface area contributed by atoms with Crippen molar-refractivity contribution >= 4 is 72.2 Å². The zero-order valence-electron chi connectivity index (χ0n) is 23.9. The molecule has 0 bridgehead atoms. The highest BCUT2D eigenvalue weighted by atomic mass is 16.2. The van der Waals surface area contributed by atoms with E-state index >= 15 is 0 Å². The number of aromatic nitrogens is 2. The van der Waals surface area contributed by atoms with Gasteiger partial charge < -0.3 is 9.80 Å². The van der Waals surface area contributed by atoms with Gasteiger partial charge in [0, 0.05) is 63.5 Å². The van der Waals surface area contributed by atoms with E-state index in [-0.39, 0.29) is 11.8 Å². The van der Waals surface area contributed by atoms with Gasteiger partial charge in [0.15, 0.2) is 5.69 Å². The molecule has 8 nitrogen and oxygen atoms in total. The SMILES string of the molecule is [C-]#[N+]c1cc2c3c(cnc4c5c(C#N)cc6c7c(cnc(c1c34)c75)C(=O)N6CCCCCC)C(=O)N2CCCCCC. The van der Waals surface area contributed by atoms with E-state index in [4.69, 9.17) is 16.5 Å². The third-order valence-corrected chi connectivity index (χ3v) is 8.97. The summed E-state index contributed by atoms with van der Waals surface area (Å²) < 4.78 is 0. The molecule has 208 valence electrons. The first kappa shape index (κ1) is 26.1. The molecule has 2 aromatic heterocycles. The fourth-order valence-electron chi connectivity index (χ4n) is 7.00. The van der Waals surface area contributed by atoms with E-state index in [1.807, 2.05) is 12.1 Å². The Hall–Kier alpha value is -4.82. The van der Waals surface area contributed by atoms with Crippen molar-refractivity contribution in [2.75, 3.05) is 22.9 Å². The Balaban J connectivity index is 1.53. The predicted octanol–water partition coefficient (Wildman–Crippen LogP) is 8.03. The quantitative estimate of drug-likeness (QED) is 0.0754. The number of benzene rings is 3. The number of unbranched alkanes of at least 4 members (excludes halogenated alkanes) is 6. The Bertz CT molecular complexity index is 1900. The maximum absolute atomic E-state index is 13.6. The van der Waals surface area contributed by atoms with E-state index in [1.165, 1.54) is 0 Å². The van der Waals surface area contributed by atoms with Crippen LogP contribution in [0, 0.1) is 17.9 Å². The number of carbonyl (C=O) groups is 2. The molecule has 0 atom stereocenters. The summed E-state index contributed by atoms with van der Waals surface area (Å²) in [4.78, 5) is 44.3. The second-order valence-electron chi connectivity index (χ2n) is 11.4. The predicted molar refractivity (Wildman–Crippen MR) is 166 cm³/mol. The summed E-state index contributed by atoms with van der Waals surface area (Å²) in [5.74, 6) is -0.213. The lowest BCUT2D eigenvalue weighted by Crippen LogP contribution is -2.27. The number of nitrogens with zero attached hydrogens (tertiary/aromatic N) is 6. The molecule has 0 fully saturated rings. The van der Waals surface area contributed by atoms with Crippen LogP contribution in [0.25, 0.3) is 48.2 Å². The Morgan fingerprint density at radius 1 is 0.738 bits per heavy atom. The summed E-state index contributed by atoms with van der Waals surface area (Å²) in [5, 5.41) is 14.6. The monoisotopic (exact) mass is 554 g/mol. The average molecular weight is 555 g/mol. The van der Waals surface area contributed by atoms with Crippen LogP contribution in [0.5, 0.6) is 0 Å². The maximum atomic E-state index is 13.6. The second-order valence-corrected chi connectivity index (χ2v) is 11.4. The van der Waals surface area contributed by atoms with Gasteiger partial charge in [0.2, 0.25) is 0 Å². The number of carbonyl (C=O) groups excluding carboxylic acids is 2. The summed E-state index contributed by atoms with van der Waals surface area (Å²) in [5.41, 5.74) is 4.42. The lowest BCUT2D eigenvalue weighted by Gasteiger charge is -2.20. The standard InChI is InChI=1S/C34H30N6O2/c1-4-6-8-10-12-39-23-14-19(16-35)25-29-26(23)20(33(39)41)18-38-32(29)28-22(36-3)15-24-27-21(17-37-31(25)30(27)28)34(42)40(24)13-11-9-7-5-2/h14-15,17-18H,4-13H2,1-2H3. The summed E-state index contributed by atoms with van der Waals surface area (Å²) in [6.07, 6.45) is 11.5. The van der Waals surface area contributed by atoms with Crippen LogP contribution >= 0.6 is 0 Å². The molecule has 0 unspecified atom stereocenters. The molecule has 42 heavy (non-hydrogen) atoms. The number of pyridine rings is 2. The van der Waals surface area contributed by atoms with Crippen molar-refractivity contribution < 1.29 is 9.59 Å². The number of nitriles is 1. The Morgan fingerprint density at radius 3 is 1.79 bits per heavy atom. The molecule has 3 aromatic carbocycles. The molecule has 8 heteroatoms. The lowest BCUT2D eigenvalue weighted by molar-refractivity contribution is 0.0984. The molecule has 0 radical (unpaired) electrons. The van der Waals surface area contributed by atoms with E-state index in [2.05, 4.69) is 24.8 Å². The Kier molecular flexibility index (Phi) is 6.17. The average Bonchev–Trinajstić information content (AvgIpc) is 3.44. The van der Waals surface area contributed by atoms with Crippen molar-refractivity contribution in [1.82, 2.24) is 9.97 Å². The second kappa shape index (κ2) is 9.92. The molecule has 5 aromatic rings. The molecular weight excluding hydrogens is 524 g/mol. The van der Waals surface area contributed by atoms with Crippen molar-refractivity contribution in [2.45, 2.75) is 65.2 Å². The van der Waals surface area contributed by atoms with Gasteiger partial charge in [-0.3, -0.25) is 19.6 Å². The molecule has 0 aliphatic carbocycles. The van der Waals surface area contributed by atoms with E-state index in [0.29, 0.717) is 68.0 Å². The molecule has 2 aliphatic rings. The smallest absolute Gasteiger partial charge is 0.260 e. The number of fused-ring (bicyclic) bond motifs is 2. The molecule has 0 N–H and O–H groups in total. The molecule has 0 saturated heterocycles. The van der Waals surface area contributed by atoms with Gasteiger partial charge in [0.25, 0.3) is 11.8 Å². The molecular formula is C34H30N6O2. The minimum absolute atomic E-state index is 0.106. The molecule has 7 rings (SSSR count). The summed E-state index contributed by atoms with van der Waals surface area (Å²) in [7, 11) is 0. The first-order valence-corrected chi connectivity index (χ1v) is 15.0. The number of hydrogen-bond acceptors (Lipinski definition) is 5. The molecule has 0 saturated carbocycles. The fourth-order valence-corrected chi connectivity index (χ4v) is 7.00. The normalized spacial score (nSPS) is 13.9. The first-order valence-electron chi connectivity index (χ1n) is 15.0. The highest BCUT2D eigenvalue weighted by Gasteiger charge is 2.37. The Labute approximate surface area is 243 Å². The number of hydrogen-bond donors (Lipinski definition) is 0. The van der Waals surface area contributed by atoms with E-state index < -0.39 is 0 Å². The van der Waals surface area contributed by atoms with Gasteiger partial charge in [-0.05, 0) is 25.0 Å². The van der Waals surface area contributed by atoms with E-state index in [9.17, 15) is 14.9 Å². The van der Waals surface area contributed by atoms with Crippen LogP contribution in [0.4, 0.5) is 17.1 Å². The van der Waals surface area contributed by atoms with E-state index in [0.717, 1.165) is 73.5 Å². The van der Waals surface area contributed by atoms with Crippen LogP contribution in [0.3, 0.4) is 0 Å². The van der Waals surface area contributed by atoms with Crippen LogP contribution in [-0.4, -0.2) is 34.9 Å². The highest BCUT2D eigenvalue weighted by molar-refractivity contribution is 6.42. The fraction of sp³-hybridized carbons (Fsp3) is 0.353. The van der Waals surface area contributed by atoms with Gasteiger partial charge in [0.1, 0.15) is 0 Å². The van der Waals surface area contributed by atoms with Crippen LogP contribution in [0.2, 0.25) is 0 Å². The Morgan fingerprint density at radius 2 is 1.26 bits per heavy atom.